The summed E-state index contributed by atoms with van der Waals surface area (Å²) in [6, 6.07) is 74.2. The fraction of sp³-hybridized carbons (Fsp3) is 0.111. The first-order chi connectivity index (χ1) is 28.8. The van der Waals surface area contributed by atoms with Crippen LogP contribution in [0.4, 0.5) is 34.1 Å². The van der Waals surface area contributed by atoms with Gasteiger partial charge in [-0.1, -0.05) is 177 Å². The normalized spacial score (nSPS) is 15.9. The maximum absolute atomic E-state index is 2.80. The van der Waals surface area contributed by atoms with E-state index in [1.807, 2.05) is 0 Å². The molecule has 1 saturated carbocycles. The van der Waals surface area contributed by atoms with E-state index < -0.39 is 8.07 Å². The van der Waals surface area contributed by atoms with Crippen molar-refractivity contribution in [3.63, 3.8) is 0 Å². The lowest BCUT2D eigenvalue weighted by atomic mass is 9.33. The SMILES string of the molecule is c1ccc(-c2ccc3c(c2)N(c2ccccc2)c2cc(C4CCCCC4)cc4c2B3c2cccc3c2N4c2ccccc2[Si]3(c2ccccc2)c2ccccc2)cc1. The van der Waals surface area contributed by atoms with Crippen LogP contribution in [0.2, 0.25) is 0 Å². The molecule has 0 amide bonds. The summed E-state index contributed by atoms with van der Waals surface area (Å²) in [5, 5.41) is 5.78. The molecule has 0 bridgehead atoms. The standard InChI is InChI=1S/C54H43BN2Si/c1-6-19-38(20-7-1)40-33-34-45-48(35-40)56(42-23-10-3-11-24-42)49-36-41(39-21-8-2-9-22-39)37-50-53(49)55(45)46-29-18-32-52-54(46)57(50)47-30-16-17-31-51(47)58(52,43-25-12-4-13-26-43)44-27-14-5-15-28-44/h1,3-7,10-20,23-37,39H,2,8-9,21-22H2. The van der Waals surface area contributed by atoms with E-state index in [2.05, 4.69) is 204 Å². The first-order valence-corrected chi connectivity index (χ1v) is 23.2. The number of nitrogens with zero attached hydrogens (tertiary/aromatic N) is 2. The maximum atomic E-state index is 2.71. The molecular formula is C54H43BN2Si. The number of rotatable bonds is 5. The zero-order valence-corrected chi connectivity index (χ0v) is 33.6. The third kappa shape index (κ3) is 4.85. The van der Waals surface area contributed by atoms with Gasteiger partial charge in [0, 0.05) is 34.1 Å². The highest BCUT2D eigenvalue weighted by molar-refractivity contribution is 7.22. The lowest BCUT2D eigenvalue weighted by Gasteiger charge is -2.51. The van der Waals surface area contributed by atoms with Crippen LogP contribution in [-0.2, 0) is 0 Å². The number of benzene rings is 8. The fourth-order valence-electron chi connectivity index (χ4n) is 11.2. The molecule has 1 aliphatic carbocycles. The van der Waals surface area contributed by atoms with E-state index in [4.69, 9.17) is 0 Å². The van der Waals surface area contributed by atoms with Gasteiger partial charge >= 0.3 is 0 Å². The molecule has 8 aromatic rings. The molecule has 276 valence electrons. The lowest BCUT2D eigenvalue weighted by Crippen LogP contribution is -2.79. The zero-order chi connectivity index (χ0) is 38.2. The van der Waals surface area contributed by atoms with Gasteiger partial charge in [0.15, 0.2) is 8.07 Å². The quantitative estimate of drug-likeness (QED) is 0.162. The van der Waals surface area contributed by atoms with Crippen LogP contribution in [0, 0.1) is 0 Å². The summed E-state index contributed by atoms with van der Waals surface area (Å²) >= 11 is 0. The van der Waals surface area contributed by atoms with E-state index >= 15 is 0 Å². The predicted octanol–water partition coefficient (Wildman–Crippen LogP) is 9.17. The van der Waals surface area contributed by atoms with Gasteiger partial charge in [0.2, 0.25) is 0 Å². The molecule has 4 heteroatoms. The highest BCUT2D eigenvalue weighted by Crippen LogP contribution is 2.48. The van der Waals surface area contributed by atoms with Gasteiger partial charge in [-0.15, -0.1) is 0 Å². The van der Waals surface area contributed by atoms with Gasteiger partial charge in [0.1, 0.15) is 0 Å². The summed E-state index contributed by atoms with van der Waals surface area (Å²) in [6.07, 6.45) is 6.43. The van der Waals surface area contributed by atoms with E-state index in [0.717, 1.165) is 0 Å². The van der Waals surface area contributed by atoms with E-state index in [1.54, 1.807) is 0 Å². The van der Waals surface area contributed by atoms with Crippen molar-refractivity contribution in [1.29, 1.82) is 0 Å². The second-order valence-electron chi connectivity index (χ2n) is 16.6. The van der Waals surface area contributed by atoms with Crippen LogP contribution in [0.5, 0.6) is 0 Å². The van der Waals surface area contributed by atoms with Gasteiger partial charge in [-0.25, -0.2) is 0 Å². The molecule has 4 aliphatic rings. The number of fused-ring (bicyclic) bond motifs is 6. The third-order valence-electron chi connectivity index (χ3n) is 13.7. The highest BCUT2D eigenvalue weighted by Gasteiger charge is 2.53. The van der Waals surface area contributed by atoms with E-state index in [1.165, 1.54) is 120 Å². The number of hydrogen-bond donors (Lipinski definition) is 0. The van der Waals surface area contributed by atoms with Crippen LogP contribution in [0.25, 0.3) is 11.1 Å². The summed E-state index contributed by atoms with van der Waals surface area (Å²) in [5.74, 6) is 0.544. The summed E-state index contributed by atoms with van der Waals surface area (Å²) in [5.41, 5.74) is 16.0. The molecule has 58 heavy (non-hydrogen) atoms. The average molecular weight is 759 g/mol. The Morgan fingerprint density at radius 1 is 0.431 bits per heavy atom. The molecule has 3 heterocycles. The minimum Gasteiger partial charge on any atom is -0.312 e. The van der Waals surface area contributed by atoms with Crippen LogP contribution in [0.1, 0.15) is 43.6 Å². The fourth-order valence-corrected chi connectivity index (χ4v) is 16.4. The Morgan fingerprint density at radius 3 is 1.74 bits per heavy atom. The van der Waals surface area contributed by atoms with Crippen molar-refractivity contribution in [2.45, 2.75) is 38.0 Å². The Balaban J connectivity index is 1.22. The topological polar surface area (TPSA) is 6.48 Å². The summed E-state index contributed by atoms with van der Waals surface area (Å²) in [4.78, 5) is 5.31. The van der Waals surface area contributed by atoms with Gasteiger partial charge in [-0.3, -0.25) is 0 Å². The Kier molecular flexibility index (Phi) is 7.78. The van der Waals surface area contributed by atoms with Crippen molar-refractivity contribution >= 4 is 86.0 Å². The van der Waals surface area contributed by atoms with Crippen molar-refractivity contribution in [1.82, 2.24) is 0 Å². The highest BCUT2D eigenvalue weighted by atomic mass is 28.3. The molecule has 8 aromatic carbocycles. The Labute approximate surface area is 343 Å². The number of anilines is 6. The molecule has 0 radical (unpaired) electrons. The van der Waals surface area contributed by atoms with E-state index in [-0.39, 0.29) is 6.71 Å². The summed E-state index contributed by atoms with van der Waals surface area (Å²) in [7, 11) is -2.80. The molecule has 1 fully saturated rings. The molecule has 0 N–H and O–H groups in total. The molecule has 12 rings (SSSR count). The van der Waals surface area contributed by atoms with Crippen LogP contribution in [-0.4, -0.2) is 14.8 Å². The minimum atomic E-state index is -2.80. The van der Waals surface area contributed by atoms with Crippen molar-refractivity contribution in [3.8, 4) is 11.1 Å². The predicted molar refractivity (Wildman–Crippen MR) is 249 cm³/mol. The van der Waals surface area contributed by atoms with Crippen LogP contribution < -0.4 is 46.9 Å². The number of hydrogen-bond acceptors (Lipinski definition) is 2. The maximum Gasteiger partial charge on any atom is 0.252 e. The largest absolute Gasteiger partial charge is 0.312 e. The van der Waals surface area contributed by atoms with Crippen molar-refractivity contribution in [2.24, 2.45) is 0 Å². The van der Waals surface area contributed by atoms with Gasteiger partial charge in [-0.05, 0) is 109 Å². The number of para-hydroxylation sites is 3. The lowest BCUT2D eigenvalue weighted by molar-refractivity contribution is 0.444. The molecule has 0 spiro atoms. The first kappa shape index (κ1) is 33.8. The summed E-state index contributed by atoms with van der Waals surface area (Å²) < 4.78 is 0. The van der Waals surface area contributed by atoms with Gasteiger partial charge in [0.25, 0.3) is 6.71 Å². The van der Waals surface area contributed by atoms with Crippen LogP contribution in [0.15, 0.2) is 194 Å². The molecule has 2 nitrogen and oxygen atoms in total. The third-order valence-corrected chi connectivity index (χ3v) is 18.5. The smallest absolute Gasteiger partial charge is 0.252 e. The van der Waals surface area contributed by atoms with Gasteiger partial charge in [0.05, 0.1) is 0 Å². The minimum absolute atomic E-state index is 0.0694. The van der Waals surface area contributed by atoms with Crippen molar-refractivity contribution < 1.29 is 0 Å². The Hall–Kier alpha value is -6.36. The van der Waals surface area contributed by atoms with Gasteiger partial charge in [-0.2, -0.15) is 0 Å². The molecule has 0 saturated heterocycles. The van der Waals surface area contributed by atoms with Crippen LogP contribution >= 0.6 is 0 Å². The van der Waals surface area contributed by atoms with E-state index in [9.17, 15) is 0 Å². The monoisotopic (exact) mass is 758 g/mol. The van der Waals surface area contributed by atoms with Crippen LogP contribution in [0.3, 0.4) is 0 Å². The molecule has 0 aromatic heterocycles. The van der Waals surface area contributed by atoms with Crippen molar-refractivity contribution in [2.75, 3.05) is 9.80 Å². The first-order valence-electron chi connectivity index (χ1n) is 21.2. The second-order valence-corrected chi connectivity index (χ2v) is 20.4. The molecule has 0 unspecified atom stereocenters. The Bertz CT molecular complexity index is 2800. The Morgan fingerprint density at radius 2 is 1.03 bits per heavy atom. The molecular weight excluding hydrogens is 716 g/mol. The average Bonchev–Trinajstić information content (AvgIpc) is 3.31. The van der Waals surface area contributed by atoms with Gasteiger partial charge < -0.3 is 9.80 Å². The van der Waals surface area contributed by atoms with Crippen molar-refractivity contribution in [3.05, 3.63) is 200 Å². The summed E-state index contributed by atoms with van der Waals surface area (Å²) in [6.45, 7) is 0.0694. The second kappa shape index (κ2) is 13.4. The zero-order valence-electron chi connectivity index (χ0n) is 32.6. The molecule has 0 atom stereocenters. The molecule has 3 aliphatic heterocycles. The van der Waals surface area contributed by atoms with E-state index in [0.29, 0.717) is 5.92 Å².